The molecule has 0 bridgehead atoms. The quantitative estimate of drug-likeness (QED) is 0.558. The Bertz CT molecular complexity index is 1190. The van der Waals surface area contributed by atoms with Crippen molar-refractivity contribution in [1.29, 1.82) is 0 Å². The highest BCUT2D eigenvalue weighted by molar-refractivity contribution is 7.92. The number of rotatable bonds is 7. The molecule has 0 spiro atoms. The van der Waals surface area contributed by atoms with Crippen molar-refractivity contribution in [3.8, 4) is 0 Å². The van der Waals surface area contributed by atoms with Crippen LogP contribution in [0.4, 0.5) is 5.69 Å². The molecule has 0 aliphatic rings. The maximum atomic E-state index is 12.9. The lowest BCUT2D eigenvalue weighted by Crippen LogP contribution is -2.37. The number of anilines is 1. The van der Waals surface area contributed by atoms with E-state index in [0.717, 1.165) is 11.1 Å². The lowest BCUT2D eigenvalue weighted by molar-refractivity contribution is 0.0945. The van der Waals surface area contributed by atoms with Gasteiger partial charge in [-0.15, -0.1) is 0 Å². The Morgan fingerprint density at radius 2 is 1.52 bits per heavy atom. The molecule has 3 aromatic carbocycles. The van der Waals surface area contributed by atoms with E-state index in [1.165, 1.54) is 12.1 Å². The molecule has 6 heteroatoms. The van der Waals surface area contributed by atoms with Crippen molar-refractivity contribution in [2.24, 2.45) is 0 Å². The van der Waals surface area contributed by atoms with Gasteiger partial charge in [0.25, 0.3) is 15.9 Å². The summed E-state index contributed by atoms with van der Waals surface area (Å²) in [4.78, 5) is 13.0. The van der Waals surface area contributed by atoms with Gasteiger partial charge in [0.1, 0.15) is 0 Å². The van der Waals surface area contributed by atoms with E-state index in [0.29, 0.717) is 23.4 Å². The smallest absolute Gasteiger partial charge is 0.261 e. The number of aryl methyl sites for hydroxylation is 2. The topological polar surface area (TPSA) is 75.3 Å². The van der Waals surface area contributed by atoms with Gasteiger partial charge in [0.15, 0.2) is 0 Å². The molecule has 0 saturated heterocycles. The van der Waals surface area contributed by atoms with E-state index in [1.807, 2.05) is 49.4 Å². The van der Waals surface area contributed by atoms with Gasteiger partial charge in [0.05, 0.1) is 10.6 Å². The highest BCUT2D eigenvalue weighted by Crippen LogP contribution is 2.23. The van der Waals surface area contributed by atoms with E-state index in [4.69, 9.17) is 0 Å². The number of nitrogens with one attached hydrogen (secondary N) is 2. The average Bonchev–Trinajstić information content (AvgIpc) is 2.74. The maximum absolute atomic E-state index is 12.9. The largest absolute Gasteiger partial charge is 0.351 e. The van der Waals surface area contributed by atoms with Crippen molar-refractivity contribution in [2.45, 2.75) is 38.0 Å². The second-order valence-corrected chi connectivity index (χ2v) is 10.0. The van der Waals surface area contributed by atoms with Gasteiger partial charge in [-0.2, -0.15) is 0 Å². The number of amides is 1. The monoisotopic (exact) mass is 436 g/mol. The predicted octanol–water partition coefficient (Wildman–Crippen LogP) is 4.81. The van der Waals surface area contributed by atoms with Crippen LogP contribution in [-0.2, 0) is 15.4 Å². The number of carbonyl (C=O) groups excluding carboxylic acids is 1. The SMILES string of the molecule is Cc1ccccc1NS(=O)(=O)c1ccc(C)c(C(=O)NCC(C)(C)c2ccccc2)c1. The third-order valence-electron chi connectivity index (χ3n) is 5.40. The van der Waals surface area contributed by atoms with Crippen LogP contribution < -0.4 is 10.0 Å². The van der Waals surface area contributed by atoms with E-state index >= 15 is 0 Å². The Labute approximate surface area is 184 Å². The number of hydrogen-bond donors (Lipinski definition) is 2. The van der Waals surface area contributed by atoms with Crippen LogP contribution in [0.2, 0.25) is 0 Å². The molecule has 5 nitrogen and oxygen atoms in total. The van der Waals surface area contributed by atoms with E-state index < -0.39 is 10.0 Å². The molecule has 0 saturated carbocycles. The van der Waals surface area contributed by atoms with Crippen LogP contribution in [0.1, 0.15) is 40.9 Å². The summed E-state index contributed by atoms with van der Waals surface area (Å²) >= 11 is 0. The van der Waals surface area contributed by atoms with Gasteiger partial charge < -0.3 is 5.32 Å². The minimum absolute atomic E-state index is 0.0498. The fourth-order valence-electron chi connectivity index (χ4n) is 3.29. The number of para-hydroxylation sites is 1. The number of hydrogen-bond acceptors (Lipinski definition) is 3. The fraction of sp³-hybridized carbons (Fsp3) is 0.240. The summed E-state index contributed by atoms with van der Waals surface area (Å²) in [6.07, 6.45) is 0. The van der Waals surface area contributed by atoms with Crippen LogP contribution in [0, 0.1) is 13.8 Å². The molecule has 0 fully saturated rings. The van der Waals surface area contributed by atoms with Gasteiger partial charge in [-0.3, -0.25) is 9.52 Å². The number of carbonyl (C=O) groups is 1. The molecule has 0 atom stereocenters. The van der Waals surface area contributed by atoms with E-state index in [2.05, 4.69) is 23.9 Å². The molecular formula is C25H28N2O3S. The average molecular weight is 437 g/mol. The first-order valence-electron chi connectivity index (χ1n) is 10.1. The van der Waals surface area contributed by atoms with Crippen LogP contribution in [0.25, 0.3) is 0 Å². The summed E-state index contributed by atoms with van der Waals surface area (Å²) in [7, 11) is -3.82. The molecule has 162 valence electrons. The highest BCUT2D eigenvalue weighted by Gasteiger charge is 2.23. The normalized spacial score (nSPS) is 11.7. The zero-order valence-corrected chi connectivity index (χ0v) is 19.1. The Morgan fingerprint density at radius 3 is 2.19 bits per heavy atom. The minimum Gasteiger partial charge on any atom is -0.351 e. The Hall–Kier alpha value is -3.12. The van der Waals surface area contributed by atoms with Crippen molar-refractivity contribution in [3.05, 3.63) is 95.1 Å². The molecule has 0 aromatic heterocycles. The minimum atomic E-state index is -3.82. The van der Waals surface area contributed by atoms with Gasteiger partial charge in [-0.05, 0) is 48.7 Å². The van der Waals surface area contributed by atoms with Crippen molar-refractivity contribution >= 4 is 21.6 Å². The summed E-state index contributed by atoms with van der Waals surface area (Å²) in [5.41, 5.74) is 3.24. The van der Waals surface area contributed by atoms with Gasteiger partial charge in [-0.1, -0.05) is 68.4 Å². The third kappa shape index (κ3) is 5.33. The predicted molar refractivity (Wildman–Crippen MR) is 125 cm³/mol. The standard InChI is InChI=1S/C25H28N2O3S/c1-18-14-15-21(31(29,30)27-23-13-9-8-10-19(23)2)16-22(18)24(28)26-17-25(3,4)20-11-6-5-7-12-20/h5-16,27H,17H2,1-4H3,(H,26,28). The van der Waals surface area contributed by atoms with Gasteiger partial charge >= 0.3 is 0 Å². The second-order valence-electron chi connectivity index (χ2n) is 8.33. The van der Waals surface area contributed by atoms with E-state index in [1.54, 1.807) is 25.1 Å². The fourth-order valence-corrected chi connectivity index (χ4v) is 4.45. The zero-order valence-electron chi connectivity index (χ0n) is 18.3. The van der Waals surface area contributed by atoms with Crippen LogP contribution in [0.5, 0.6) is 0 Å². The molecule has 2 N–H and O–H groups in total. The first-order valence-corrected chi connectivity index (χ1v) is 11.6. The highest BCUT2D eigenvalue weighted by atomic mass is 32.2. The Balaban J connectivity index is 1.80. The molecule has 1 amide bonds. The van der Waals surface area contributed by atoms with Crippen molar-refractivity contribution < 1.29 is 13.2 Å². The van der Waals surface area contributed by atoms with Crippen LogP contribution >= 0.6 is 0 Å². The molecule has 0 aliphatic heterocycles. The van der Waals surface area contributed by atoms with Crippen molar-refractivity contribution in [1.82, 2.24) is 5.32 Å². The first-order chi connectivity index (χ1) is 14.6. The third-order valence-corrected chi connectivity index (χ3v) is 6.76. The molecule has 0 aliphatic carbocycles. The zero-order chi connectivity index (χ0) is 22.6. The lowest BCUT2D eigenvalue weighted by Gasteiger charge is -2.26. The molecular weight excluding hydrogens is 408 g/mol. The summed E-state index contributed by atoms with van der Waals surface area (Å²) in [6.45, 7) is 8.17. The number of benzene rings is 3. The summed E-state index contributed by atoms with van der Waals surface area (Å²) in [5.74, 6) is -0.297. The molecule has 3 rings (SSSR count). The molecule has 31 heavy (non-hydrogen) atoms. The molecule has 3 aromatic rings. The summed E-state index contributed by atoms with van der Waals surface area (Å²) < 4.78 is 28.4. The van der Waals surface area contributed by atoms with Gasteiger partial charge in [0.2, 0.25) is 0 Å². The Morgan fingerprint density at radius 1 is 0.871 bits per heavy atom. The van der Waals surface area contributed by atoms with Gasteiger partial charge in [0, 0.05) is 17.5 Å². The number of sulfonamides is 1. The summed E-state index contributed by atoms with van der Waals surface area (Å²) in [5, 5.41) is 2.96. The van der Waals surface area contributed by atoms with Crippen molar-refractivity contribution in [2.75, 3.05) is 11.3 Å². The van der Waals surface area contributed by atoms with E-state index in [9.17, 15) is 13.2 Å². The van der Waals surface area contributed by atoms with Crippen molar-refractivity contribution in [3.63, 3.8) is 0 Å². The van der Waals surface area contributed by atoms with E-state index in [-0.39, 0.29) is 16.2 Å². The second kappa shape index (κ2) is 8.94. The molecule has 0 unspecified atom stereocenters. The van der Waals surface area contributed by atoms with Crippen LogP contribution in [0.3, 0.4) is 0 Å². The Kier molecular flexibility index (Phi) is 6.51. The molecule has 0 heterocycles. The van der Waals surface area contributed by atoms with Crippen LogP contribution in [-0.4, -0.2) is 20.9 Å². The molecule has 0 radical (unpaired) electrons. The van der Waals surface area contributed by atoms with Crippen LogP contribution in [0.15, 0.2) is 77.7 Å². The maximum Gasteiger partial charge on any atom is 0.261 e. The van der Waals surface area contributed by atoms with Gasteiger partial charge in [-0.25, -0.2) is 8.42 Å². The summed E-state index contributed by atoms with van der Waals surface area (Å²) in [6, 6.07) is 21.7. The lowest BCUT2D eigenvalue weighted by atomic mass is 9.84. The first kappa shape index (κ1) is 22.6.